The molecule has 0 spiro atoms. The second kappa shape index (κ2) is 5.37. The van der Waals surface area contributed by atoms with Crippen LogP contribution >= 0.6 is 0 Å². The summed E-state index contributed by atoms with van der Waals surface area (Å²) in [5.74, 6) is -0.0370. The molecular weight excluding hydrogens is 331 g/mol. The Hall–Kier alpha value is -1.29. The maximum Gasteiger partial charge on any atom is 0.178 e. The van der Waals surface area contributed by atoms with Crippen LogP contribution in [0.4, 0.5) is 4.39 Å². The van der Waals surface area contributed by atoms with E-state index in [0.29, 0.717) is 19.3 Å². The number of Topliss-reactive ketones (excluding diaryl/α,β-unsaturated/α-hetero) is 1. The number of aliphatic hydroxyl groups excluding tert-OH is 1. The molecule has 142 valence electrons. The molecule has 0 saturated heterocycles. The zero-order chi connectivity index (χ0) is 19.1. The third-order valence-electron chi connectivity index (χ3n) is 8.42. The van der Waals surface area contributed by atoms with E-state index in [1.807, 2.05) is 6.92 Å². The first-order valence-corrected chi connectivity index (χ1v) is 9.87. The first kappa shape index (κ1) is 18.1. The number of aliphatic hydroxyl groups is 1. The molecule has 2 unspecified atom stereocenters. The number of alkyl halides is 1. The number of fused-ring (bicyclic) bond motifs is 5. The zero-order valence-electron chi connectivity index (χ0n) is 16.1. The van der Waals surface area contributed by atoms with Crippen molar-refractivity contribution < 1.29 is 19.1 Å². The van der Waals surface area contributed by atoms with E-state index in [1.165, 1.54) is 6.08 Å². The van der Waals surface area contributed by atoms with E-state index >= 15 is 4.39 Å². The molecule has 3 saturated carbocycles. The van der Waals surface area contributed by atoms with Gasteiger partial charge >= 0.3 is 0 Å². The third-order valence-corrected chi connectivity index (χ3v) is 8.42. The highest BCUT2D eigenvalue weighted by molar-refractivity contribution is 6.01. The Kier molecular flexibility index (Phi) is 3.74. The number of carbonyl (C=O) groups is 2. The molecule has 4 heteroatoms. The van der Waals surface area contributed by atoms with Crippen LogP contribution in [-0.2, 0) is 9.59 Å². The fraction of sp³-hybridized carbons (Fsp3) is 0.727. The number of rotatable bonds is 1. The van der Waals surface area contributed by atoms with Gasteiger partial charge in [-0.3, -0.25) is 9.59 Å². The van der Waals surface area contributed by atoms with Crippen LogP contribution in [0.3, 0.4) is 0 Å². The van der Waals surface area contributed by atoms with Crippen LogP contribution in [0.15, 0.2) is 23.8 Å². The largest absolute Gasteiger partial charge is 0.390 e. The summed E-state index contributed by atoms with van der Waals surface area (Å²) >= 11 is 0. The molecule has 4 aliphatic rings. The number of hydrogen-bond donors (Lipinski definition) is 1. The van der Waals surface area contributed by atoms with Gasteiger partial charge in [-0.2, -0.15) is 0 Å². The minimum Gasteiger partial charge on any atom is -0.390 e. The van der Waals surface area contributed by atoms with Crippen molar-refractivity contribution in [1.29, 1.82) is 0 Å². The van der Waals surface area contributed by atoms with E-state index < -0.39 is 17.2 Å². The van der Waals surface area contributed by atoms with Gasteiger partial charge in [-0.25, -0.2) is 4.39 Å². The fourth-order valence-corrected chi connectivity index (χ4v) is 7.44. The molecule has 0 radical (unpaired) electrons. The lowest BCUT2D eigenvalue weighted by molar-refractivity contribution is -0.195. The Morgan fingerprint density at radius 2 is 2.00 bits per heavy atom. The van der Waals surface area contributed by atoms with Crippen LogP contribution in [0, 0.1) is 34.5 Å². The Bertz CT molecular complexity index is 740. The van der Waals surface area contributed by atoms with E-state index in [1.54, 1.807) is 19.1 Å². The molecule has 4 aliphatic carbocycles. The van der Waals surface area contributed by atoms with Gasteiger partial charge in [-0.05, 0) is 68.9 Å². The standard InChI is InChI=1S/C22H29FO3/c1-12-9-17-16-6-5-14-10-15(25)7-8-21(14,4)22(16,23)18(26)11-20(17,3)19(12)13(2)24/h7-8,10,12,16-19,26H,5-6,9,11H2,1-4H3/t12-,16?,17?,18+,19-,20+,21+,22+/m1/s1. The highest BCUT2D eigenvalue weighted by atomic mass is 19.1. The summed E-state index contributed by atoms with van der Waals surface area (Å²) in [5.41, 5.74) is -2.27. The Morgan fingerprint density at radius 1 is 1.31 bits per heavy atom. The van der Waals surface area contributed by atoms with Crippen molar-refractivity contribution in [2.24, 2.45) is 34.5 Å². The fourth-order valence-electron chi connectivity index (χ4n) is 7.44. The first-order valence-electron chi connectivity index (χ1n) is 9.87. The summed E-state index contributed by atoms with van der Waals surface area (Å²) in [5, 5.41) is 11.1. The molecule has 4 rings (SSSR count). The predicted octanol–water partition coefficient (Wildman–Crippen LogP) is 3.81. The maximum atomic E-state index is 16.8. The minimum absolute atomic E-state index is 0.0872. The molecule has 0 aromatic heterocycles. The van der Waals surface area contributed by atoms with Gasteiger partial charge in [0.1, 0.15) is 5.78 Å². The topological polar surface area (TPSA) is 54.4 Å². The number of hydrogen-bond acceptors (Lipinski definition) is 3. The number of carbonyl (C=O) groups excluding carboxylic acids is 2. The van der Waals surface area contributed by atoms with Crippen molar-refractivity contribution in [3.8, 4) is 0 Å². The predicted molar refractivity (Wildman–Crippen MR) is 97.1 cm³/mol. The molecule has 1 N–H and O–H groups in total. The minimum atomic E-state index is -1.79. The van der Waals surface area contributed by atoms with Crippen molar-refractivity contribution in [3.63, 3.8) is 0 Å². The molecular formula is C22H29FO3. The van der Waals surface area contributed by atoms with Crippen LogP contribution in [0.5, 0.6) is 0 Å². The molecule has 3 nitrogen and oxygen atoms in total. The third kappa shape index (κ3) is 1.97. The van der Waals surface area contributed by atoms with Gasteiger partial charge in [-0.1, -0.05) is 25.5 Å². The highest BCUT2D eigenvalue weighted by Gasteiger charge is 2.71. The second-order valence-electron chi connectivity index (χ2n) is 9.65. The van der Waals surface area contributed by atoms with E-state index in [4.69, 9.17) is 0 Å². The van der Waals surface area contributed by atoms with Crippen LogP contribution in [0.2, 0.25) is 0 Å². The summed E-state index contributed by atoms with van der Waals surface area (Å²) in [6.45, 7) is 7.65. The summed E-state index contributed by atoms with van der Waals surface area (Å²) in [7, 11) is 0. The monoisotopic (exact) mass is 360 g/mol. The number of allylic oxidation sites excluding steroid dienone is 4. The quantitative estimate of drug-likeness (QED) is 0.774. The Morgan fingerprint density at radius 3 is 2.65 bits per heavy atom. The van der Waals surface area contributed by atoms with Crippen LogP contribution < -0.4 is 0 Å². The maximum absolute atomic E-state index is 16.8. The van der Waals surface area contributed by atoms with Gasteiger partial charge in [0.25, 0.3) is 0 Å². The van der Waals surface area contributed by atoms with Gasteiger partial charge in [-0.15, -0.1) is 0 Å². The van der Waals surface area contributed by atoms with Gasteiger partial charge < -0.3 is 5.11 Å². The van der Waals surface area contributed by atoms with Crippen molar-refractivity contribution in [3.05, 3.63) is 23.8 Å². The molecule has 0 heterocycles. The smallest absolute Gasteiger partial charge is 0.178 e. The summed E-state index contributed by atoms with van der Waals surface area (Å²) < 4.78 is 16.8. The summed E-state index contributed by atoms with van der Waals surface area (Å²) in [6.07, 6.45) is 6.02. The van der Waals surface area contributed by atoms with Crippen molar-refractivity contribution in [1.82, 2.24) is 0 Å². The van der Waals surface area contributed by atoms with E-state index in [9.17, 15) is 14.7 Å². The molecule has 0 aromatic carbocycles. The zero-order valence-corrected chi connectivity index (χ0v) is 16.1. The van der Waals surface area contributed by atoms with E-state index in [-0.39, 0.29) is 40.7 Å². The van der Waals surface area contributed by atoms with Crippen LogP contribution in [-0.4, -0.2) is 28.4 Å². The molecule has 26 heavy (non-hydrogen) atoms. The molecule has 0 aromatic rings. The van der Waals surface area contributed by atoms with E-state index in [2.05, 4.69) is 13.8 Å². The van der Waals surface area contributed by atoms with Gasteiger partial charge in [0, 0.05) is 17.3 Å². The highest BCUT2D eigenvalue weighted by Crippen LogP contribution is 2.69. The van der Waals surface area contributed by atoms with Crippen molar-refractivity contribution in [2.45, 2.75) is 65.2 Å². The molecule has 0 bridgehead atoms. The molecule has 0 aliphatic heterocycles. The number of ketones is 2. The summed E-state index contributed by atoms with van der Waals surface area (Å²) in [4.78, 5) is 24.2. The molecule has 0 amide bonds. The number of halogens is 1. The van der Waals surface area contributed by atoms with Gasteiger partial charge in [0.15, 0.2) is 11.5 Å². The lowest BCUT2D eigenvalue weighted by Gasteiger charge is -2.61. The average molecular weight is 360 g/mol. The van der Waals surface area contributed by atoms with E-state index in [0.717, 1.165) is 12.0 Å². The normalized spacial score (nSPS) is 52.8. The Labute approximate surface area is 154 Å². The second-order valence-corrected chi connectivity index (χ2v) is 9.65. The van der Waals surface area contributed by atoms with Crippen LogP contribution in [0.1, 0.15) is 53.4 Å². The SMILES string of the molecule is CC(=O)[C@H]1[C@H](C)CC2C3CCC4=CC(=O)C=C[C@]4(C)[C@@]3(F)[C@@H](O)C[C@@]21C. The first-order chi connectivity index (χ1) is 12.1. The average Bonchev–Trinajstić information content (AvgIpc) is 2.80. The van der Waals surface area contributed by atoms with Crippen molar-refractivity contribution in [2.75, 3.05) is 0 Å². The Balaban J connectivity index is 1.82. The molecule has 8 atom stereocenters. The lowest BCUT2D eigenvalue weighted by Crippen LogP contribution is -2.66. The summed E-state index contributed by atoms with van der Waals surface area (Å²) in [6, 6.07) is 0. The lowest BCUT2D eigenvalue weighted by atomic mass is 9.45. The van der Waals surface area contributed by atoms with Gasteiger partial charge in [0.05, 0.1) is 6.10 Å². The van der Waals surface area contributed by atoms with Gasteiger partial charge in [0.2, 0.25) is 0 Å². The van der Waals surface area contributed by atoms with Crippen LogP contribution in [0.25, 0.3) is 0 Å². The molecule has 3 fully saturated rings. The van der Waals surface area contributed by atoms with Crippen molar-refractivity contribution >= 4 is 11.6 Å².